The molecule has 0 atom stereocenters. The van der Waals surface area contributed by atoms with Crippen LogP contribution >= 0.6 is 0 Å². The Bertz CT molecular complexity index is 299. The van der Waals surface area contributed by atoms with Crippen molar-refractivity contribution in [2.75, 3.05) is 0 Å². The second kappa shape index (κ2) is 10.3. The zero-order valence-electron chi connectivity index (χ0n) is 9.27. The molecule has 1 aromatic rings. The first kappa shape index (κ1) is 13.2. The fourth-order valence-corrected chi connectivity index (χ4v) is 0.820. The molecule has 0 bridgehead atoms. The Morgan fingerprint density at radius 2 is 1.27 bits per heavy atom. The van der Waals surface area contributed by atoms with Gasteiger partial charge in [0.25, 0.3) is 0 Å². The fourth-order valence-electron chi connectivity index (χ4n) is 0.820. The molecule has 0 saturated heterocycles. The Kier molecular flexibility index (Phi) is 9.02. The summed E-state index contributed by atoms with van der Waals surface area (Å²) >= 11 is 0. The molecule has 1 rings (SSSR count). The van der Waals surface area contributed by atoms with Crippen LogP contribution in [0, 0.1) is 6.92 Å². The molecule has 0 aliphatic heterocycles. The van der Waals surface area contributed by atoms with Gasteiger partial charge in [0, 0.05) is 0 Å². The predicted octanol–water partition coefficient (Wildman–Crippen LogP) is 4.47. The van der Waals surface area contributed by atoms with E-state index in [0.29, 0.717) is 0 Å². The lowest BCUT2D eigenvalue weighted by Crippen LogP contribution is -1.62. The minimum Gasteiger partial charge on any atom is -0.0991 e. The maximum Gasteiger partial charge on any atom is -0.0398 e. The second-order valence-corrected chi connectivity index (χ2v) is 2.90. The monoisotopic (exact) mass is 198 g/mol. The van der Waals surface area contributed by atoms with Crippen LogP contribution in [-0.2, 0) is 0 Å². The molecule has 0 aliphatic carbocycles. The highest BCUT2D eigenvalue weighted by molar-refractivity contribution is 5.12. The van der Waals surface area contributed by atoms with Gasteiger partial charge in [0.1, 0.15) is 0 Å². The van der Waals surface area contributed by atoms with Crippen LogP contribution in [0.2, 0.25) is 0 Å². The molecule has 0 N–H and O–H groups in total. The number of benzene rings is 1. The van der Waals surface area contributed by atoms with E-state index in [1.165, 1.54) is 5.56 Å². The lowest BCUT2D eigenvalue weighted by molar-refractivity contribution is 1.48. The van der Waals surface area contributed by atoms with Gasteiger partial charge in [0.2, 0.25) is 0 Å². The first-order valence-corrected chi connectivity index (χ1v) is 4.89. The van der Waals surface area contributed by atoms with Gasteiger partial charge in [0.05, 0.1) is 0 Å². The van der Waals surface area contributed by atoms with E-state index in [2.05, 4.69) is 32.2 Å². The van der Waals surface area contributed by atoms with E-state index in [1.807, 2.05) is 42.5 Å². The molecule has 0 radical (unpaired) electrons. The Balaban J connectivity index is 0.000000262. The van der Waals surface area contributed by atoms with Crippen LogP contribution in [0.4, 0.5) is 0 Å². The van der Waals surface area contributed by atoms with Crippen molar-refractivity contribution in [2.45, 2.75) is 6.92 Å². The molecular weight excluding hydrogens is 180 g/mol. The zero-order chi connectivity index (χ0) is 11.4. The Hall–Kier alpha value is -1.82. The average molecular weight is 198 g/mol. The normalized spacial score (nSPS) is 9.67. The van der Waals surface area contributed by atoms with E-state index in [-0.39, 0.29) is 0 Å². The SMILES string of the molecule is C=CC=CC=CC=C.Cc1ccccc1. The van der Waals surface area contributed by atoms with Crippen molar-refractivity contribution in [1.82, 2.24) is 0 Å². The summed E-state index contributed by atoms with van der Waals surface area (Å²) in [6, 6.07) is 10.3. The van der Waals surface area contributed by atoms with Crippen LogP contribution in [0.1, 0.15) is 5.56 Å². The molecule has 0 unspecified atom stereocenters. The minimum absolute atomic E-state index is 1.32. The van der Waals surface area contributed by atoms with E-state index in [0.717, 1.165) is 0 Å². The highest BCUT2D eigenvalue weighted by atomic mass is 13.8. The highest BCUT2D eigenvalue weighted by Gasteiger charge is 1.72. The summed E-state index contributed by atoms with van der Waals surface area (Å²) in [5.41, 5.74) is 1.32. The van der Waals surface area contributed by atoms with Crippen LogP contribution in [0.3, 0.4) is 0 Å². The summed E-state index contributed by atoms with van der Waals surface area (Å²) in [6.07, 6.45) is 11.0. The first-order chi connectivity index (χ1) is 7.31. The van der Waals surface area contributed by atoms with Crippen molar-refractivity contribution in [2.24, 2.45) is 0 Å². The zero-order valence-corrected chi connectivity index (χ0v) is 9.27. The van der Waals surface area contributed by atoms with Crippen LogP contribution in [0.15, 0.2) is 79.9 Å². The minimum atomic E-state index is 1.32. The van der Waals surface area contributed by atoms with Crippen molar-refractivity contribution < 1.29 is 0 Å². The van der Waals surface area contributed by atoms with Crippen LogP contribution in [0.5, 0.6) is 0 Å². The quantitative estimate of drug-likeness (QED) is 0.629. The van der Waals surface area contributed by atoms with Gasteiger partial charge in [-0.1, -0.05) is 85.5 Å². The Morgan fingerprint density at radius 1 is 0.800 bits per heavy atom. The lowest BCUT2D eigenvalue weighted by atomic mass is 10.2. The summed E-state index contributed by atoms with van der Waals surface area (Å²) in [4.78, 5) is 0. The summed E-state index contributed by atoms with van der Waals surface area (Å²) in [5.74, 6) is 0. The number of aryl methyl sites for hydroxylation is 1. The standard InChI is InChI=1S/C8H10.C7H8/c1-3-5-7-8-6-4-2;1-7-5-3-2-4-6-7/h3-8H,1-2H2;2-6H,1H3. The Morgan fingerprint density at radius 3 is 1.53 bits per heavy atom. The molecule has 0 amide bonds. The fraction of sp³-hybridized carbons (Fsp3) is 0.0667. The molecule has 78 valence electrons. The van der Waals surface area contributed by atoms with Crippen LogP contribution < -0.4 is 0 Å². The van der Waals surface area contributed by atoms with Gasteiger partial charge in [-0.2, -0.15) is 0 Å². The maximum atomic E-state index is 3.51. The molecule has 0 saturated carbocycles. The van der Waals surface area contributed by atoms with E-state index in [9.17, 15) is 0 Å². The molecule has 0 nitrogen and oxygen atoms in total. The molecule has 0 fully saturated rings. The van der Waals surface area contributed by atoms with Gasteiger partial charge in [-0.15, -0.1) is 0 Å². The summed E-state index contributed by atoms with van der Waals surface area (Å²) in [5, 5.41) is 0. The number of hydrogen-bond acceptors (Lipinski definition) is 0. The lowest BCUT2D eigenvalue weighted by Gasteiger charge is -1.82. The topological polar surface area (TPSA) is 0 Å². The van der Waals surface area contributed by atoms with Crippen molar-refractivity contribution in [3.63, 3.8) is 0 Å². The molecular formula is C15H18. The molecule has 1 aromatic carbocycles. The van der Waals surface area contributed by atoms with Crippen molar-refractivity contribution in [3.8, 4) is 0 Å². The summed E-state index contributed by atoms with van der Waals surface area (Å²) < 4.78 is 0. The summed E-state index contributed by atoms with van der Waals surface area (Å²) in [6.45, 7) is 9.11. The van der Waals surface area contributed by atoms with Gasteiger partial charge >= 0.3 is 0 Å². The highest BCUT2D eigenvalue weighted by Crippen LogP contribution is 1.92. The van der Waals surface area contributed by atoms with Gasteiger partial charge in [-0.05, 0) is 6.92 Å². The van der Waals surface area contributed by atoms with Crippen molar-refractivity contribution >= 4 is 0 Å². The van der Waals surface area contributed by atoms with Gasteiger partial charge < -0.3 is 0 Å². The predicted molar refractivity (Wildman–Crippen MR) is 69.9 cm³/mol. The maximum absolute atomic E-state index is 3.51. The average Bonchev–Trinajstić information content (AvgIpc) is 2.27. The third-order valence-electron chi connectivity index (χ3n) is 1.55. The second-order valence-electron chi connectivity index (χ2n) is 2.90. The molecule has 0 spiro atoms. The summed E-state index contributed by atoms with van der Waals surface area (Å²) in [7, 11) is 0. The van der Waals surface area contributed by atoms with E-state index in [4.69, 9.17) is 0 Å². The third kappa shape index (κ3) is 10.1. The van der Waals surface area contributed by atoms with Gasteiger partial charge in [-0.25, -0.2) is 0 Å². The molecule has 15 heavy (non-hydrogen) atoms. The number of rotatable bonds is 3. The Labute approximate surface area is 93.0 Å². The van der Waals surface area contributed by atoms with Crippen molar-refractivity contribution in [3.05, 3.63) is 85.5 Å². The largest absolute Gasteiger partial charge is 0.0991 e. The molecule has 0 aromatic heterocycles. The first-order valence-electron chi connectivity index (χ1n) is 4.89. The van der Waals surface area contributed by atoms with E-state index in [1.54, 1.807) is 12.2 Å². The smallest absolute Gasteiger partial charge is 0.0398 e. The third-order valence-corrected chi connectivity index (χ3v) is 1.55. The number of allylic oxidation sites excluding steroid dienone is 6. The van der Waals surface area contributed by atoms with E-state index >= 15 is 0 Å². The van der Waals surface area contributed by atoms with Gasteiger partial charge in [0.15, 0.2) is 0 Å². The molecule has 0 heteroatoms. The van der Waals surface area contributed by atoms with Crippen LogP contribution in [0.25, 0.3) is 0 Å². The van der Waals surface area contributed by atoms with E-state index < -0.39 is 0 Å². The van der Waals surface area contributed by atoms with Crippen LogP contribution in [-0.4, -0.2) is 0 Å². The number of hydrogen-bond donors (Lipinski definition) is 0. The molecule has 0 heterocycles. The van der Waals surface area contributed by atoms with Gasteiger partial charge in [-0.3, -0.25) is 0 Å². The molecule has 0 aliphatic rings. The van der Waals surface area contributed by atoms with Crippen molar-refractivity contribution in [1.29, 1.82) is 0 Å².